The van der Waals surface area contributed by atoms with E-state index in [1.807, 2.05) is 4.90 Å². The van der Waals surface area contributed by atoms with Gasteiger partial charge in [-0.2, -0.15) is 0 Å². The van der Waals surface area contributed by atoms with Gasteiger partial charge in [-0.3, -0.25) is 4.79 Å². The molecule has 0 bridgehead atoms. The lowest BCUT2D eigenvalue weighted by Gasteiger charge is -2.40. The fourth-order valence-corrected chi connectivity index (χ4v) is 3.53. The maximum atomic E-state index is 12.8. The first-order valence-electron chi connectivity index (χ1n) is 9.32. The van der Waals surface area contributed by atoms with Gasteiger partial charge in [0.25, 0.3) is 5.91 Å². The highest BCUT2D eigenvalue weighted by Crippen LogP contribution is 2.26. The normalized spacial score (nSPS) is 25.2. The molecule has 3 rings (SSSR count). The van der Waals surface area contributed by atoms with Gasteiger partial charge in [-0.05, 0) is 42.7 Å². The highest BCUT2D eigenvalue weighted by molar-refractivity contribution is 5.86. The fraction of sp³-hybridized carbons (Fsp3) is 0.650. The second-order valence-electron chi connectivity index (χ2n) is 7.77. The summed E-state index contributed by atoms with van der Waals surface area (Å²) >= 11 is 0. The summed E-state index contributed by atoms with van der Waals surface area (Å²) in [6, 6.07) is 8.96. The van der Waals surface area contributed by atoms with Crippen LogP contribution in [0.15, 0.2) is 24.3 Å². The van der Waals surface area contributed by atoms with Gasteiger partial charge in [-0.1, -0.05) is 44.5 Å². The summed E-state index contributed by atoms with van der Waals surface area (Å²) in [4.78, 5) is 14.6. The van der Waals surface area contributed by atoms with Gasteiger partial charge in [0.15, 0.2) is 5.60 Å². The van der Waals surface area contributed by atoms with Crippen LogP contribution in [-0.4, -0.2) is 40.6 Å². The van der Waals surface area contributed by atoms with Gasteiger partial charge in [0, 0.05) is 25.7 Å². The predicted molar refractivity (Wildman–Crippen MR) is 95.8 cm³/mol. The molecule has 0 radical (unpaired) electrons. The summed E-state index contributed by atoms with van der Waals surface area (Å²) in [5.74, 6) is 0.395. The summed E-state index contributed by atoms with van der Waals surface area (Å²) < 4.78 is 0. The van der Waals surface area contributed by atoms with E-state index in [2.05, 4.69) is 43.4 Å². The van der Waals surface area contributed by atoms with Gasteiger partial charge in [0.1, 0.15) is 0 Å². The molecule has 1 aliphatic carbocycles. The second kappa shape index (κ2) is 7.24. The van der Waals surface area contributed by atoms with E-state index in [0.717, 1.165) is 31.4 Å². The van der Waals surface area contributed by atoms with Crippen molar-refractivity contribution in [2.24, 2.45) is 0 Å². The molecule has 1 amide bonds. The van der Waals surface area contributed by atoms with Crippen molar-refractivity contribution in [3.63, 3.8) is 0 Å². The molecule has 0 spiro atoms. The summed E-state index contributed by atoms with van der Waals surface area (Å²) in [7, 11) is 0. The largest absolute Gasteiger partial charge is 0.379 e. The molecule has 1 aromatic rings. The molecule has 1 atom stereocenters. The Balaban J connectivity index is 1.61. The molecule has 0 aromatic heterocycles. The lowest BCUT2D eigenvalue weighted by molar-refractivity contribution is -0.157. The number of hydrogen-bond acceptors (Lipinski definition) is 3. The van der Waals surface area contributed by atoms with E-state index in [9.17, 15) is 9.90 Å². The molecule has 1 aromatic carbocycles. The molecular formula is C20H30N2O2. The first-order chi connectivity index (χ1) is 11.5. The lowest BCUT2D eigenvalue weighted by atomic mass is 9.88. The molecule has 2 aliphatic rings. The van der Waals surface area contributed by atoms with Crippen molar-refractivity contribution in [3.05, 3.63) is 35.4 Å². The first kappa shape index (κ1) is 17.4. The van der Waals surface area contributed by atoms with Crippen molar-refractivity contribution in [1.82, 2.24) is 10.2 Å². The SMILES string of the molecule is CC(C)c1ccc(CN2CCCC(O)(CNC3CCC3)C2=O)cc1. The maximum absolute atomic E-state index is 12.8. The van der Waals surface area contributed by atoms with Crippen molar-refractivity contribution >= 4 is 5.91 Å². The minimum Gasteiger partial charge on any atom is -0.379 e. The standard InChI is InChI=1S/C20H30N2O2/c1-15(2)17-9-7-16(8-10-17)13-22-12-4-11-20(24,19(22)23)14-21-18-5-3-6-18/h7-10,15,18,21,24H,3-6,11-14H2,1-2H3. The Hall–Kier alpha value is -1.39. The molecule has 4 heteroatoms. The van der Waals surface area contributed by atoms with Crippen LogP contribution in [-0.2, 0) is 11.3 Å². The van der Waals surface area contributed by atoms with Crippen LogP contribution in [0.4, 0.5) is 0 Å². The molecule has 4 nitrogen and oxygen atoms in total. The van der Waals surface area contributed by atoms with Crippen LogP contribution in [0.5, 0.6) is 0 Å². The Morgan fingerprint density at radius 1 is 1.25 bits per heavy atom. The number of nitrogens with zero attached hydrogens (tertiary/aromatic N) is 1. The van der Waals surface area contributed by atoms with Crippen LogP contribution in [0.25, 0.3) is 0 Å². The number of likely N-dealkylation sites (tertiary alicyclic amines) is 1. The van der Waals surface area contributed by atoms with Crippen LogP contribution in [0.3, 0.4) is 0 Å². The number of aliphatic hydroxyl groups is 1. The van der Waals surface area contributed by atoms with Crippen molar-refractivity contribution < 1.29 is 9.90 Å². The molecule has 132 valence electrons. The number of nitrogens with one attached hydrogen (secondary N) is 1. The molecule has 24 heavy (non-hydrogen) atoms. The third-order valence-corrected chi connectivity index (χ3v) is 5.51. The number of carbonyl (C=O) groups excluding carboxylic acids is 1. The summed E-state index contributed by atoms with van der Waals surface area (Å²) in [5.41, 5.74) is 1.21. The smallest absolute Gasteiger partial charge is 0.256 e. The second-order valence-corrected chi connectivity index (χ2v) is 7.77. The first-order valence-corrected chi connectivity index (χ1v) is 9.32. The Morgan fingerprint density at radius 3 is 2.54 bits per heavy atom. The van der Waals surface area contributed by atoms with E-state index >= 15 is 0 Å². The van der Waals surface area contributed by atoms with E-state index in [1.165, 1.54) is 12.0 Å². The van der Waals surface area contributed by atoms with Crippen molar-refractivity contribution in [2.45, 2.75) is 70.1 Å². The number of piperidine rings is 1. The minimum absolute atomic E-state index is 0.117. The van der Waals surface area contributed by atoms with E-state index in [1.54, 1.807) is 0 Å². The molecule has 1 unspecified atom stereocenters. The Kier molecular flexibility index (Phi) is 5.26. The van der Waals surface area contributed by atoms with Crippen molar-refractivity contribution in [2.75, 3.05) is 13.1 Å². The van der Waals surface area contributed by atoms with Crippen LogP contribution in [0.1, 0.15) is 63.0 Å². The van der Waals surface area contributed by atoms with E-state index in [4.69, 9.17) is 0 Å². The van der Waals surface area contributed by atoms with Gasteiger partial charge in [0.05, 0.1) is 0 Å². The van der Waals surface area contributed by atoms with Gasteiger partial charge >= 0.3 is 0 Å². The third kappa shape index (κ3) is 3.81. The minimum atomic E-state index is -1.23. The zero-order valence-electron chi connectivity index (χ0n) is 14.9. The summed E-state index contributed by atoms with van der Waals surface area (Å²) in [5, 5.41) is 14.2. The number of carbonyl (C=O) groups is 1. The molecule has 1 saturated carbocycles. The summed E-state index contributed by atoms with van der Waals surface area (Å²) in [6.45, 7) is 6.06. The zero-order valence-corrected chi connectivity index (χ0v) is 14.9. The molecule has 2 fully saturated rings. The van der Waals surface area contributed by atoms with Crippen molar-refractivity contribution in [3.8, 4) is 0 Å². The Bertz CT molecular complexity index is 566. The topological polar surface area (TPSA) is 52.6 Å². The number of amides is 1. The Morgan fingerprint density at radius 2 is 1.96 bits per heavy atom. The monoisotopic (exact) mass is 330 g/mol. The number of hydrogen-bond donors (Lipinski definition) is 2. The number of benzene rings is 1. The molecule has 1 aliphatic heterocycles. The number of rotatable bonds is 6. The maximum Gasteiger partial charge on any atom is 0.256 e. The third-order valence-electron chi connectivity index (χ3n) is 5.51. The van der Waals surface area contributed by atoms with E-state index < -0.39 is 5.60 Å². The van der Waals surface area contributed by atoms with Crippen LogP contribution >= 0.6 is 0 Å². The van der Waals surface area contributed by atoms with Crippen LogP contribution < -0.4 is 5.32 Å². The van der Waals surface area contributed by atoms with Crippen LogP contribution in [0.2, 0.25) is 0 Å². The zero-order chi connectivity index (χ0) is 17.2. The van der Waals surface area contributed by atoms with Crippen molar-refractivity contribution in [1.29, 1.82) is 0 Å². The predicted octanol–water partition coefficient (Wildman–Crippen LogP) is 2.81. The van der Waals surface area contributed by atoms with Crippen LogP contribution in [0, 0.1) is 0 Å². The van der Waals surface area contributed by atoms with E-state index in [-0.39, 0.29) is 5.91 Å². The van der Waals surface area contributed by atoms with Gasteiger partial charge in [0.2, 0.25) is 0 Å². The quantitative estimate of drug-likeness (QED) is 0.843. The summed E-state index contributed by atoms with van der Waals surface area (Å²) in [6.07, 6.45) is 5.00. The Labute approximate surface area is 145 Å². The lowest BCUT2D eigenvalue weighted by Crippen LogP contribution is -2.59. The van der Waals surface area contributed by atoms with Gasteiger partial charge in [-0.15, -0.1) is 0 Å². The highest BCUT2D eigenvalue weighted by atomic mass is 16.3. The molecular weight excluding hydrogens is 300 g/mol. The molecule has 1 heterocycles. The highest BCUT2D eigenvalue weighted by Gasteiger charge is 2.42. The molecule has 1 saturated heterocycles. The molecule has 2 N–H and O–H groups in total. The average molecular weight is 330 g/mol. The van der Waals surface area contributed by atoms with Gasteiger partial charge < -0.3 is 15.3 Å². The average Bonchev–Trinajstić information content (AvgIpc) is 2.51. The van der Waals surface area contributed by atoms with Gasteiger partial charge in [-0.25, -0.2) is 0 Å². The fourth-order valence-electron chi connectivity index (χ4n) is 3.53. The van der Waals surface area contributed by atoms with E-state index in [0.29, 0.717) is 31.5 Å².